The Morgan fingerprint density at radius 3 is 2.67 bits per heavy atom. The smallest absolute Gasteiger partial charge is 0.258 e. The summed E-state index contributed by atoms with van der Waals surface area (Å²) in [7, 11) is 1.74. The van der Waals surface area contributed by atoms with E-state index in [1.165, 1.54) is 0 Å². The Kier molecular flexibility index (Phi) is 7.11. The number of nitrogens with one attached hydrogen (secondary N) is 2. The highest BCUT2D eigenvalue weighted by molar-refractivity contribution is 6.35. The van der Waals surface area contributed by atoms with E-state index in [2.05, 4.69) is 59.7 Å². The molecule has 0 bridgehead atoms. The molecule has 43 heavy (non-hydrogen) atoms. The third-order valence-electron chi connectivity index (χ3n) is 7.80. The first-order valence-corrected chi connectivity index (χ1v) is 14.5. The van der Waals surface area contributed by atoms with Crippen molar-refractivity contribution >= 4 is 44.7 Å². The van der Waals surface area contributed by atoms with Gasteiger partial charge in [0.05, 0.1) is 47.2 Å². The molecular formula is C32H33ClN8O2. The number of hydrogen-bond acceptors (Lipinski definition) is 8. The van der Waals surface area contributed by atoms with E-state index >= 15 is 0 Å². The third-order valence-corrected chi connectivity index (χ3v) is 8.09. The second-order valence-electron chi connectivity index (χ2n) is 12.6. The Hall–Kier alpha value is -4.46. The summed E-state index contributed by atoms with van der Waals surface area (Å²) >= 11 is 6.82. The van der Waals surface area contributed by atoms with Gasteiger partial charge in [0.25, 0.3) is 5.56 Å². The van der Waals surface area contributed by atoms with Crippen molar-refractivity contribution in [2.75, 3.05) is 30.4 Å². The summed E-state index contributed by atoms with van der Waals surface area (Å²) in [6.45, 7) is 10.2. The van der Waals surface area contributed by atoms with Gasteiger partial charge in [0.15, 0.2) is 0 Å². The Balaban J connectivity index is 1.51. The zero-order valence-corrected chi connectivity index (χ0v) is 25.5. The van der Waals surface area contributed by atoms with Crippen LogP contribution in [0.3, 0.4) is 0 Å². The van der Waals surface area contributed by atoms with Gasteiger partial charge in [-0.15, -0.1) is 5.10 Å². The normalized spacial score (nSPS) is 15.2. The molecule has 1 fully saturated rings. The average Bonchev–Trinajstić information content (AvgIpc) is 3.45. The van der Waals surface area contributed by atoms with Crippen LogP contribution in [0.25, 0.3) is 21.7 Å². The molecule has 4 heterocycles. The highest BCUT2D eigenvalue weighted by Gasteiger charge is 2.37. The summed E-state index contributed by atoms with van der Waals surface area (Å²) in [5.74, 6) is 0. The molecule has 1 saturated heterocycles. The molecule has 220 valence electrons. The Bertz CT molecular complexity index is 1960. The molecule has 0 amide bonds. The molecule has 11 heteroatoms. The lowest BCUT2D eigenvalue weighted by atomic mass is 9.96. The van der Waals surface area contributed by atoms with Crippen molar-refractivity contribution in [1.29, 1.82) is 5.26 Å². The first kappa shape index (κ1) is 28.6. The summed E-state index contributed by atoms with van der Waals surface area (Å²) in [5, 5.41) is 28.6. The van der Waals surface area contributed by atoms with Crippen LogP contribution in [0, 0.1) is 16.7 Å². The van der Waals surface area contributed by atoms with Crippen molar-refractivity contribution in [1.82, 2.24) is 24.5 Å². The van der Waals surface area contributed by atoms with Crippen LogP contribution in [0.15, 0.2) is 59.8 Å². The van der Waals surface area contributed by atoms with Crippen molar-refractivity contribution in [3.8, 4) is 6.07 Å². The van der Waals surface area contributed by atoms with Crippen molar-refractivity contribution in [2.45, 2.75) is 39.3 Å². The SMILES string of the molecule is Cn1ccc2c(C(Nc3cc(Cl)c4ncc(C#N)c(NCC(C)(C)C)c4c3)c3cn(C4(C)COC4)nn3)cccc2c1=O. The van der Waals surface area contributed by atoms with E-state index in [4.69, 9.17) is 16.3 Å². The molecule has 2 aromatic carbocycles. The lowest BCUT2D eigenvalue weighted by Crippen LogP contribution is -2.49. The number of aryl methyl sites for hydroxylation is 1. The van der Waals surface area contributed by atoms with E-state index in [-0.39, 0.29) is 16.5 Å². The van der Waals surface area contributed by atoms with Crippen LogP contribution in [0.5, 0.6) is 0 Å². The summed E-state index contributed by atoms with van der Waals surface area (Å²) < 4.78 is 8.87. The molecule has 6 rings (SSSR count). The summed E-state index contributed by atoms with van der Waals surface area (Å²) in [6.07, 6.45) is 5.24. The maximum Gasteiger partial charge on any atom is 0.258 e. The highest BCUT2D eigenvalue weighted by atomic mass is 35.5. The van der Waals surface area contributed by atoms with Gasteiger partial charge in [-0.2, -0.15) is 5.26 Å². The van der Waals surface area contributed by atoms with Crippen LogP contribution in [0.4, 0.5) is 11.4 Å². The lowest BCUT2D eigenvalue weighted by Gasteiger charge is -2.37. The fourth-order valence-electron chi connectivity index (χ4n) is 5.30. The molecule has 5 aromatic rings. The van der Waals surface area contributed by atoms with Crippen molar-refractivity contribution in [2.24, 2.45) is 12.5 Å². The number of nitrogens with zero attached hydrogens (tertiary/aromatic N) is 6. The standard InChI is InChI=1S/C32H33ClN8O2/c1-31(2,3)16-36-27-19(13-34)14-35-28-24(27)11-20(12-25(28)33)37-29(26-15-41(39-38-26)32(4)17-43-18-32)22-7-6-8-23-21(22)9-10-40(5)30(23)42/h6-12,14-15,29,37H,16-18H2,1-5H3,(H,35,36). The van der Waals surface area contributed by atoms with E-state index < -0.39 is 6.04 Å². The molecule has 1 unspecified atom stereocenters. The molecule has 10 nitrogen and oxygen atoms in total. The van der Waals surface area contributed by atoms with Crippen LogP contribution in [-0.4, -0.2) is 44.3 Å². The minimum Gasteiger partial charge on any atom is -0.383 e. The molecule has 0 spiro atoms. The molecule has 1 aliphatic heterocycles. The number of fused-ring (bicyclic) bond motifs is 2. The van der Waals surface area contributed by atoms with E-state index in [0.29, 0.717) is 58.3 Å². The number of aromatic nitrogens is 5. The zero-order chi connectivity index (χ0) is 30.5. The topological polar surface area (TPSA) is 123 Å². The van der Waals surface area contributed by atoms with Gasteiger partial charge in [-0.1, -0.05) is 49.7 Å². The predicted octanol–water partition coefficient (Wildman–Crippen LogP) is 5.61. The summed E-state index contributed by atoms with van der Waals surface area (Å²) in [4.78, 5) is 17.5. The van der Waals surface area contributed by atoms with Crippen LogP contribution in [-0.2, 0) is 17.3 Å². The predicted molar refractivity (Wildman–Crippen MR) is 169 cm³/mol. The number of rotatable bonds is 7. The lowest BCUT2D eigenvalue weighted by molar-refractivity contribution is -0.0965. The van der Waals surface area contributed by atoms with Gasteiger partial charge in [-0.25, -0.2) is 4.68 Å². The largest absolute Gasteiger partial charge is 0.383 e. The number of benzene rings is 2. The van der Waals surface area contributed by atoms with Crippen LogP contribution < -0.4 is 16.2 Å². The van der Waals surface area contributed by atoms with Gasteiger partial charge in [0.1, 0.15) is 17.3 Å². The number of ether oxygens (including phenoxy) is 1. The number of anilines is 2. The molecule has 0 saturated carbocycles. The van der Waals surface area contributed by atoms with Crippen molar-refractivity contribution < 1.29 is 4.74 Å². The number of halogens is 1. The molecular weight excluding hydrogens is 564 g/mol. The quantitative estimate of drug-likeness (QED) is 0.249. The first-order chi connectivity index (χ1) is 20.5. The first-order valence-electron chi connectivity index (χ1n) is 14.1. The number of pyridine rings is 2. The van der Waals surface area contributed by atoms with Crippen molar-refractivity contribution in [3.63, 3.8) is 0 Å². The fraction of sp³-hybridized carbons (Fsp3) is 0.344. The average molecular weight is 597 g/mol. The van der Waals surface area contributed by atoms with E-state index in [9.17, 15) is 10.1 Å². The monoisotopic (exact) mass is 596 g/mol. The summed E-state index contributed by atoms with van der Waals surface area (Å²) in [5.41, 5.74) is 3.57. The second kappa shape index (κ2) is 10.7. The van der Waals surface area contributed by atoms with Crippen LogP contribution in [0.1, 0.15) is 50.6 Å². The van der Waals surface area contributed by atoms with E-state index in [1.807, 2.05) is 47.3 Å². The zero-order valence-electron chi connectivity index (χ0n) is 24.8. The number of nitriles is 1. The van der Waals surface area contributed by atoms with Gasteiger partial charge < -0.3 is 19.9 Å². The van der Waals surface area contributed by atoms with E-state index in [0.717, 1.165) is 16.3 Å². The maximum atomic E-state index is 13.0. The molecule has 1 aliphatic rings. The molecule has 0 aliphatic carbocycles. The van der Waals surface area contributed by atoms with Gasteiger partial charge in [-0.3, -0.25) is 9.78 Å². The maximum absolute atomic E-state index is 13.0. The Morgan fingerprint density at radius 1 is 1.19 bits per heavy atom. The van der Waals surface area contributed by atoms with Crippen molar-refractivity contribution in [3.05, 3.63) is 87.2 Å². The van der Waals surface area contributed by atoms with E-state index in [1.54, 1.807) is 24.0 Å². The molecule has 1 atom stereocenters. The Labute approximate surface area is 254 Å². The van der Waals surface area contributed by atoms with Gasteiger partial charge in [-0.05, 0) is 47.6 Å². The highest BCUT2D eigenvalue weighted by Crippen LogP contribution is 2.37. The number of hydrogen-bond donors (Lipinski definition) is 2. The Morgan fingerprint density at radius 2 is 1.98 bits per heavy atom. The fourth-order valence-corrected chi connectivity index (χ4v) is 5.57. The molecule has 0 radical (unpaired) electrons. The van der Waals surface area contributed by atoms with Crippen LogP contribution in [0.2, 0.25) is 5.02 Å². The molecule has 2 N–H and O–H groups in total. The van der Waals surface area contributed by atoms with Gasteiger partial charge in [0, 0.05) is 42.4 Å². The third kappa shape index (κ3) is 5.31. The minimum absolute atomic E-state index is 0.0214. The summed E-state index contributed by atoms with van der Waals surface area (Å²) in [6, 6.07) is 13.2. The van der Waals surface area contributed by atoms with Crippen LogP contribution >= 0.6 is 11.6 Å². The van der Waals surface area contributed by atoms with Gasteiger partial charge >= 0.3 is 0 Å². The minimum atomic E-state index is -0.485. The molecule has 3 aromatic heterocycles. The second-order valence-corrected chi connectivity index (χ2v) is 13.0. The van der Waals surface area contributed by atoms with Gasteiger partial charge in [0.2, 0.25) is 0 Å².